The molecule has 1 aromatic heterocycles. The number of thioether (sulfide) groups is 1. The Labute approximate surface area is 219 Å². The van der Waals surface area contributed by atoms with E-state index in [1.54, 1.807) is 18.2 Å². The van der Waals surface area contributed by atoms with E-state index >= 15 is 0 Å². The van der Waals surface area contributed by atoms with Gasteiger partial charge in [0.1, 0.15) is 6.54 Å². The van der Waals surface area contributed by atoms with Crippen LogP contribution in [0.15, 0.2) is 58.3 Å². The van der Waals surface area contributed by atoms with Gasteiger partial charge in [-0.05, 0) is 92.6 Å². The number of primary sulfonamides is 1. The Balaban J connectivity index is 1.55. The highest BCUT2D eigenvalue weighted by molar-refractivity contribution is 8.18. The van der Waals surface area contributed by atoms with Crippen molar-refractivity contribution in [2.45, 2.75) is 32.6 Å². The second-order valence-corrected chi connectivity index (χ2v) is 11.3. The van der Waals surface area contributed by atoms with E-state index in [9.17, 15) is 22.8 Å². The van der Waals surface area contributed by atoms with Crippen LogP contribution in [0.1, 0.15) is 28.1 Å². The summed E-state index contributed by atoms with van der Waals surface area (Å²) in [5.41, 5.74) is 5.52. The summed E-state index contributed by atoms with van der Waals surface area (Å²) in [6.07, 6.45) is 1.63. The zero-order valence-electron chi connectivity index (χ0n) is 20.7. The Bertz CT molecular complexity index is 1550. The number of carbonyl (C=O) groups excluding carboxylic acids is 3. The number of nitrogens with zero attached hydrogens (tertiary/aromatic N) is 2. The lowest BCUT2D eigenvalue weighted by Crippen LogP contribution is -2.36. The maximum absolute atomic E-state index is 13.0. The summed E-state index contributed by atoms with van der Waals surface area (Å²) in [5.74, 6) is -0.990. The number of benzene rings is 2. The fourth-order valence-corrected chi connectivity index (χ4v) is 5.57. The first-order valence-corrected chi connectivity index (χ1v) is 13.7. The summed E-state index contributed by atoms with van der Waals surface area (Å²) in [7, 11) is -3.80. The standard InChI is InChI=1S/C26H26N4O5S2/c1-15-6-5-7-16(2)24(15)28-23(31)14-29-25(32)22(36-26(29)33)13-19-12-17(3)30(18(19)4)20-8-10-21(11-9-20)37(27,34)35/h5-13H,14H2,1-4H3,(H,28,31)(H2,27,34,35)/b22-13+. The van der Waals surface area contributed by atoms with Crippen molar-refractivity contribution in [1.29, 1.82) is 0 Å². The van der Waals surface area contributed by atoms with Crippen LogP contribution in [0.4, 0.5) is 10.5 Å². The number of hydrogen-bond donors (Lipinski definition) is 2. The van der Waals surface area contributed by atoms with Crippen LogP contribution in [-0.4, -0.2) is 41.5 Å². The van der Waals surface area contributed by atoms with E-state index in [1.807, 2.05) is 56.5 Å². The molecule has 2 aromatic carbocycles. The Kier molecular flexibility index (Phi) is 7.13. The number of hydrogen-bond acceptors (Lipinski definition) is 6. The second-order valence-electron chi connectivity index (χ2n) is 8.78. The number of amides is 3. The molecule has 3 N–H and O–H groups in total. The van der Waals surface area contributed by atoms with Gasteiger partial charge in [-0.1, -0.05) is 18.2 Å². The molecule has 0 atom stereocenters. The third-order valence-corrected chi connectivity index (χ3v) is 7.94. The summed E-state index contributed by atoms with van der Waals surface area (Å²) in [6.45, 7) is 7.09. The molecule has 3 aromatic rings. The number of nitrogens with two attached hydrogens (primary N) is 1. The van der Waals surface area contributed by atoms with Crippen LogP contribution in [0.2, 0.25) is 0 Å². The number of sulfonamides is 1. The molecule has 0 saturated carbocycles. The van der Waals surface area contributed by atoms with Crippen molar-refractivity contribution >= 4 is 50.6 Å². The minimum atomic E-state index is -3.80. The van der Waals surface area contributed by atoms with Crippen LogP contribution in [0, 0.1) is 27.7 Å². The first-order chi connectivity index (χ1) is 17.4. The number of para-hydroxylation sites is 1. The average molecular weight is 539 g/mol. The Hall–Kier alpha value is -3.67. The zero-order chi connectivity index (χ0) is 27.1. The molecule has 192 valence electrons. The van der Waals surface area contributed by atoms with Gasteiger partial charge in [-0.3, -0.25) is 19.3 Å². The predicted octanol–water partition coefficient (Wildman–Crippen LogP) is 4.03. The highest BCUT2D eigenvalue weighted by Crippen LogP contribution is 2.34. The lowest BCUT2D eigenvalue weighted by Gasteiger charge is -2.15. The maximum Gasteiger partial charge on any atom is 0.294 e. The highest BCUT2D eigenvalue weighted by atomic mass is 32.2. The SMILES string of the molecule is Cc1cccc(C)c1NC(=O)CN1C(=O)S/C(=C/c2cc(C)n(-c3ccc(S(N)(=O)=O)cc3)c2C)C1=O. The van der Waals surface area contributed by atoms with Gasteiger partial charge in [0, 0.05) is 22.8 Å². The lowest BCUT2D eigenvalue weighted by atomic mass is 10.1. The van der Waals surface area contributed by atoms with Crippen molar-refractivity contribution in [2.24, 2.45) is 5.14 Å². The molecule has 3 amide bonds. The monoisotopic (exact) mass is 538 g/mol. The number of carbonyl (C=O) groups is 3. The van der Waals surface area contributed by atoms with E-state index in [0.29, 0.717) is 5.69 Å². The van der Waals surface area contributed by atoms with Gasteiger partial charge in [0.05, 0.1) is 9.80 Å². The van der Waals surface area contributed by atoms with Crippen molar-refractivity contribution in [3.05, 3.63) is 81.5 Å². The largest absolute Gasteiger partial charge is 0.324 e. The van der Waals surface area contributed by atoms with E-state index in [2.05, 4.69) is 5.32 Å². The van der Waals surface area contributed by atoms with Gasteiger partial charge in [-0.2, -0.15) is 0 Å². The molecule has 0 aliphatic carbocycles. The Morgan fingerprint density at radius 3 is 2.24 bits per heavy atom. The molecule has 1 saturated heterocycles. The molecular weight excluding hydrogens is 512 g/mol. The molecule has 1 fully saturated rings. The predicted molar refractivity (Wildman–Crippen MR) is 144 cm³/mol. The van der Waals surface area contributed by atoms with Crippen LogP contribution in [0.5, 0.6) is 0 Å². The molecule has 1 aliphatic rings. The fraction of sp³-hybridized carbons (Fsp3) is 0.192. The van der Waals surface area contributed by atoms with Gasteiger partial charge < -0.3 is 9.88 Å². The summed E-state index contributed by atoms with van der Waals surface area (Å²) in [4.78, 5) is 39.4. The maximum atomic E-state index is 13.0. The zero-order valence-corrected chi connectivity index (χ0v) is 22.4. The number of rotatable bonds is 6. The van der Waals surface area contributed by atoms with E-state index < -0.39 is 27.1 Å². The summed E-state index contributed by atoms with van der Waals surface area (Å²) < 4.78 is 25.0. The molecule has 9 nitrogen and oxygen atoms in total. The average Bonchev–Trinajstić information content (AvgIpc) is 3.25. The van der Waals surface area contributed by atoms with E-state index in [1.165, 1.54) is 12.1 Å². The summed E-state index contributed by atoms with van der Waals surface area (Å²) in [5, 5.41) is 7.47. The van der Waals surface area contributed by atoms with E-state index in [4.69, 9.17) is 5.14 Å². The molecular formula is C26H26N4O5S2. The van der Waals surface area contributed by atoms with E-state index in [0.717, 1.165) is 50.4 Å². The van der Waals surface area contributed by atoms with Crippen molar-refractivity contribution < 1.29 is 22.8 Å². The number of aromatic nitrogens is 1. The quantitative estimate of drug-likeness (QED) is 0.456. The Morgan fingerprint density at radius 2 is 1.65 bits per heavy atom. The van der Waals surface area contributed by atoms with Crippen molar-refractivity contribution in [3.63, 3.8) is 0 Å². The van der Waals surface area contributed by atoms with Gasteiger partial charge in [0.15, 0.2) is 0 Å². The van der Waals surface area contributed by atoms with Crippen LogP contribution in [-0.2, 0) is 19.6 Å². The first-order valence-electron chi connectivity index (χ1n) is 11.3. The van der Waals surface area contributed by atoms with Crippen molar-refractivity contribution in [1.82, 2.24) is 9.47 Å². The molecule has 2 heterocycles. The van der Waals surface area contributed by atoms with Gasteiger partial charge in [-0.25, -0.2) is 13.6 Å². The minimum absolute atomic E-state index is 0.00855. The molecule has 0 bridgehead atoms. The van der Waals surface area contributed by atoms with Crippen molar-refractivity contribution in [3.8, 4) is 5.69 Å². The third kappa shape index (κ3) is 5.38. The van der Waals surface area contributed by atoms with Crippen LogP contribution in [0.3, 0.4) is 0 Å². The molecule has 37 heavy (non-hydrogen) atoms. The van der Waals surface area contributed by atoms with Crippen LogP contribution < -0.4 is 10.5 Å². The number of aryl methyl sites for hydroxylation is 3. The molecule has 11 heteroatoms. The molecule has 1 aliphatic heterocycles. The molecule has 4 rings (SSSR count). The number of imide groups is 1. The normalized spacial score (nSPS) is 15.1. The number of nitrogens with one attached hydrogen (secondary N) is 1. The Morgan fingerprint density at radius 1 is 1.03 bits per heavy atom. The molecule has 0 spiro atoms. The van der Waals surface area contributed by atoms with Gasteiger partial charge in [0.25, 0.3) is 11.1 Å². The van der Waals surface area contributed by atoms with Crippen molar-refractivity contribution in [2.75, 3.05) is 11.9 Å². The van der Waals surface area contributed by atoms with Crippen LogP contribution in [0.25, 0.3) is 11.8 Å². The smallest absolute Gasteiger partial charge is 0.294 e. The highest BCUT2D eigenvalue weighted by Gasteiger charge is 2.36. The topological polar surface area (TPSA) is 132 Å². The first kappa shape index (κ1) is 26.4. The van der Waals surface area contributed by atoms with Gasteiger partial charge in [0.2, 0.25) is 15.9 Å². The molecule has 0 radical (unpaired) electrons. The van der Waals surface area contributed by atoms with E-state index in [-0.39, 0.29) is 16.3 Å². The number of anilines is 1. The second kappa shape index (κ2) is 10.0. The summed E-state index contributed by atoms with van der Waals surface area (Å²) in [6, 6.07) is 13.6. The fourth-order valence-electron chi connectivity index (χ4n) is 4.23. The van der Waals surface area contributed by atoms with Gasteiger partial charge in [-0.15, -0.1) is 0 Å². The lowest BCUT2D eigenvalue weighted by molar-refractivity contribution is -0.127. The van der Waals surface area contributed by atoms with Crippen LogP contribution >= 0.6 is 11.8 Å². The molecule has 0 unspecified atom stereocenters. The third-order valence-electron chi connectivity index (χ3n) is 6.10. The summed E-state index contributed by atoms with van der Waals surface area (Å²) >= 11 is 0.784. The van der Waals surface area contributed by atoms with Gasteiger partial charge >= 0.3 is 0 Å². The minimum Gasteiger partial charge on any atom is -0.324 e.